The highest BCUT2D eigenvalue weighted by Crippen LogP contribution is 2.56. The summed E-state index contributed by atoms with van der Waals surface area (Å²) in [5.41, 5.74) is 6.21. The predicted octanol–water partition coefficient (Wildman–Crippen LogP) is 1.17. The molecule has 3 N–H and O–H groups in total. The number of amides is 1. The Morgan fingerprint density at radius 1 is 1.27 bits per heavy atom. The van der Waals surface area contributed by atoms with Gasteiger partial charge in [0.25, 0.3) is 0 Å². The number of rotatable bonds is 3. The van der Waals surface area contributed by atoms with Gasteiger partial charge in [-0.15, -0.1) is 0 Å². The lowest BCUT2D eigenvalue weighted by Crippen LogP contribution is -2.70. The number of hydrogen-bond acceptors (Lipinski definition) is 2. The molecule has 2 bridgehead atoms. The van der Waals surface area contributed by atoms with E-state index in [1.165, 1.54) is 32.1 Å². The van der Waals surface area contributed by atoms with Crippen molar-refractivity contribution in [3.05, 3.63) is 0 Å². The fourth-order valence-electron chi connectivity index (χ4n) is 3.51. The molecule has 0 aliphatic heterocycles. The molecule has 0 heterocycles. The Morgan fingerprint density at radius 2 is 1.87 bits per heavy atom. The lowest BCUT2D eigenvalue weighted by molar-refractivity contribution is -0.135. The first-order chi connectivity index (χ1) is 7.19. The van der Waals surface area contributed by atoms with Crippen molar-refractivity contribution < 1.29 is 4.79 Å². The second-order valence-electron chi connectivity index (χ2n) is 5.82. The molecule has 1 atom stereocenters. The number of carbonyl (C=O) groups excluding carboxylic acids is 1. The Balaban J connectivity index is 1.54. The molecular weight excluding hydrogens is 188 g/mol. The third-order valence-electron chi connectivity index (χ3n) is 4.64. The number of nitrogens with two attached hydrogens (primary N) is 1. The second kappa shape index (κ2) is 3.21. The normalized spacial score (nSPS) is 40.5. The molecule has 84 valence electrons. The molecule has 4 rings (SSSR count). The van der Waals surface area contributed by atoms with Crippen molar-refractivity contribution >= 4 is 5.91 Å². The molecule has 0 unspecified atom stereocenters. The monoisotopic (exact) mass is 208 g/mol. The van der Waals surface area contributed by atoms with Crippen LogP contribution in [-0.4, -0.2) is 17.5 Å². The third-order valence-corrected chi connectivity index (χ3v) is 4.64. The average Bonchev–Trinajstić information content (AvgIpc) is 2.60. The highest BCUT2D eigenvalue weighted by molar-refractivity contribution is 5.83. The van der Waals surface area contributed by atoms with Gasteiger partial charge in [-0.3, -0.25) is 4.79 Å². The summed E-state index contributed by atoms with van der Waals surface area (Å²) in [6, 6.07) is -0.249. The number of hydrogen-bond donors (Lipinski definition) is 2. The maximum Gasteiger partial charge on any atom is 0.237 e. The van der Waals surface area contributed by atoms with Crippen LogP contribution in [0.5, 0.6) is 0 Å². The standard InChI is InChI=1S/C12H20N2O/c13-10(9-3-1-2-4-9)11(15)14-12-5-8(6-12)7-12/h8-10H,1-7,13H2,(H,14,15)/t8?,10-,12?/m0/s1. The molecule has 3 heteroatoms. The molecule has 3 nitrogen and oxygen atoms in total. The Kier molecular flexibility index (Phi) is 2.06. The Morgan fingerprint density at radius 3 is 2.33 bits per heavy atom. The van der Waals surface area contributed by atoms with Crippen LogP contribution in [0.1, 0.15) is 44.9 Å². The molecule has 1 amide bonds. The molecule has 4 aliphatic carbocycles. The zero-order chi connectivity index (χ0) is 10.5. The molecule has 4 fully saturated rings. The summed E-state index contributed by atoms with van der Waals surface area (Å²) in [6.45, 7) is 0. The lowest BCUT2D eigenvalue weighted by atomic mass is 9.50. The van der Waals surface area contributed by atoms with Gasteiger partial charge in [-0.2, -0.15) is 0 Å². The third kappa shape index (κ3) is 1.48. The van der Waals surface area contributed by atoms with Gasteiger partial charge < -0.3 is 11.1 Å². The van der Waals surface area contributed by atoms with Crippen LogP contribution >= 0.6 is 0 Å². The van der Waals surface area contributed by atoms with Gasteiger partial charge >= 0.3 is 0 Å². The van der Waals surface area contributed by atoms with Crippen molar-refractivity contribution in [2.24, 2.45) is 17.6 Å². The van der Waals surface area contributed by atoms with Crippen LogP contribution in [0.25, 0.3) is 0 Å². The van der Waals surface area contributed by atoms with Crippen LogP contribution in [0, 0.1) is 11.8 Å². The van der Waals surface area contributed by atoms with Crippen LogP contribution in [0.2, 0.25) is 0 Å². The van der Waals surface area contributed by atoms with Crippen molar-refractivity contribution in [1.82, 2.24) is 5.32 Å². The smallest absolute Gasteiger partial charge is 0.237 e. The molecule has 4 aliphatic rings. The first kappa shape index (κ1) is 9.64. The Labute approximate surface area is 90.8 Å². The first-order valence-corrected chi connectivity index (χ1v) is 6.26. The zero-order valence-corrected chi connectivity index (χ0v) is 9.17. The summed E-state index contributed by atoms with van der Waals surface area (Å²) >= 11 is 0. The molecule has 0 saturated heterocycles. The summed E-state index contributed by atoms with van der Waals surface area (Å²) in [5, 5.41) is 3.17. The van der Waals surface area contributed by atoms with E-state index in [4.69, 9.17) is 5.73 Å². The SMILES string of the molecule is N[C@H](C(=O)NC12CC(C1)C2)C1CCCC1. The van der Waals surface area contributed by atoms with Crippen LogP contribution in [0.15, 0.2) is 0 Å². The number of carbonyl (C=O) groups is 1. The van der Waals surface area contributed by atoms with Gasteiger partial charge in [-0.1, -0.05) is 12.8 Å². The predicted molar refractivity (Wildman–Crippen MR) is 58.1 cm³/mol. The minimum atomic E-state index is -0.249. The van der Waals surface area contributed by atoms with Gasteiger partial charge in [0.2, 0.25) is 5.91 Å². The molecule has 0 radical (unpaired) electrons. The van der Waals surface area contributed by atoms with E-state index >= 15 is 0 Å². The number of nitrogens with one attached hydrogen (secondary N) is 1. The summed E-state index contributed by atoms with van der Waals surface area (Å²) in [4.78, 5) is 11.9. The van der Waals surface area contributed by atoms with Gasteiger partial charge in [0.1, 0.15) is 0 Å². The van der Waals surface area contributed by atoms with Gasteiger partial charge in [-0.05, 0) is 43.9 Å². The highest BCUT2D eigenvalue weighted by Gasteiger charge is 2.57. The fraction of sp³-hybridized carbons (Fsp3) is 0.917. The Hall–Kier alpha value is -0.570. The average molecular weight is 208 g/mol. The molecular formula is C12H20N2O. The van der Waals surface area contributed by atoms with E-state index in [-0.39, 0.29) is 17.5 Å². The first-order valence-electron chi connectivity index (χ1n) is 6.26. The quantitative estimate of drug-likeness (QED) is 0.731. The van der Waals surface area contributed by atoms with Crippen molar-refractivity contribution in [3.8, 4) is 0 Å². The molecule has 4 saturated carbocycles. The van der Waals surface area contributed by atoms with Crippen molar-refractivity contribution in [2.45, 2.75) is 56.5 Å². The topological polar surface area (TPSA) is 55.1 Å². The van der Waals surface area contributed by atoms with Crippen molar-refractivity contribution in [1.29, 1.82) is 0 Å². The van der Waals surface area contributed by atoms with Crippen molar-refractivity contribution in [2.75, 3.05) is 0 Å². The van der Waals surface area contributed by atoms with Gasteiger partial charge in [-0.25, -0.2) is 0 Å². The fourth-order valence-corrected chi connectivity index (χ4v) is 3.51. The van der Waals surface area contributed by atoms with Crippen LogP contribution in [-0.2, 0) is 4.79 Å². The van der Waals surface area contributed by atoms with Gasteiger partial charge in [0.15, 0.2) is 0 Å². The summed E-state index contributed by atoms with van der Waals surface area (Å²) in [6.07, 6.45) is 8.40. The molecule has 0 aromatic rings. The van der Waals surface area contributed by atoms with Gasteiger partial charge in [0, 0.05) is 5.54 Å². The summed E-state index contributed by atoms with van der Waals surface area (Å²) in [5.74, 6) is 1.46. The van der Waals surface area contributed by atoms with Crippen LogP contribution < -0.4 is 11.1 Å². The molecule has 0 aromatic carbocycles. The highest BCUT2D eigenvalue weighted by atomic mass is 16.2. The van der Waals surface area contributed by atoms with E-state index in [0.29, 0.717) is 5.92 Å². The molecule has 15 heavy (non-hydrogen) atoms. The van der Waals surface area contributed by atoms with E-state index < -0.39 is 0 Å². The van der Waals surface area contributed by atoms with Crippen LogP contribution in [0.4, 0.5) is 0 Å². The Bertz CT molecular complexity index is 266. The minimum Gasteiger partial charge on any atom is -0.349 e. The van der Waals surface area contributed by atoms with E-state index in [1.807, 2.05) is 0 Å². The second-order valence-corrected chi connectivity index (χ2v) is 5.82. The largest absolute Gasteiger partial charge is 0.349 e. The van der Waals surface area contributed by atoms with Crippen molar-refractivity contribution in [3.63, 3.8) is 0 Å². The van der Waals surface area contributed by atoms with Crippen LogP contribution in [0.3, 0.4) is 0 Å². The van der Waals surface area contributed by atoms with E-state index in [1.54, 1.807) is 0 Å². The van der Waals surface area contributed by atoms with E-state index in [2.05, 4.69) is 5.32 Å². The van der Waals surface area contributed by atoms with E-state index in [9.17, 15) is 4.79 Å². The molecule has 0 spiro atoms. The van der Waals surface area contributed by atoms with Gasteiger partial charge in [0.05, 0.1) is 6.04 Å². The zero-order valence-electron chi connectivity index (χ0n) is 9.17. The maximum atomic E-state index is 11.9. The summed E-state index contributed by atoms with van der Waals surface area (Å²) < 4.78 is 0. The lowest BCUT2D eigenvalue weighted by Gasteiger charge is -2.62. The molecule has 0 aromatic heterocycles. The summed E-state index contributed by atoms with van der Waals surface area (Å²) in [7, 11) is 0. The minimum absolute atomic E-state index is 0.111. The van der Waals surface area contributed by atoms with E-state index in [0.717, 1.165) is 18.8 Å². The maximum absolute atomic E-state index is 11.9.